The van der Waals surface area contributed by atoms with Crippen LogP contribution in [0.1, 0.15) is 77.6 Å². The van der Waals surface area contributed by atoms with Crippen molar-refractivity contribution in [2.45, 2.75) is 82.8 Å². The van der Waals surface area contributed by atoms with Crippen molar-refractivity contribution in [3.63, 3.8) is 0 Å². The van der Waals surface area contributed by atoms with E-state index in [4.69, 9.17) is 4.74 Å². The summed E-state index contributed by atoms with van der Waals surface area (Å²) in [6.45, 7) is 2.52. The summed E-state index contributed by atoms with van der Waals surface area (Å²) in [5.41, 5.74) is 0. The van der Waals surface area contributed by atoms with E-state index < -0.39 is 33.7 Å². The van der Waals surface area contributed by atoms with Crippen LogP contribution in [0.5, 0.6) is 0 Å². The monoisotopic (exact) mass is 454 g/mol. The molecule has 0 aromatic carbocycles. The first kappa shape index (κ1) is 34.4. The normalized spacial score (nSPS) is 11.8. The van der Waals surface area contributed by atoms with Gasteiger partial charge >= 0.3 is 65.1 Å². The topological polar surface area (TPSA) is 133 Å². The number of carbonyl (C=O) groups is 2. The molecule has 0 amide bonds. The second-order valence-corrected chi connectivity index (χ2v) is 8.07. The fourth-order valence-corrected chi connectivity index (χ4v) is 3.19. The van der Waals surface area contributed by atoms with Crippen molar-refractivity contribution in [1.29, 1.82) is 0 Å². The van der Waals surface area contributed by atoms with Crippen LogP contribution in [0.2, 0.25) is 0 Å². The molecule has 0 aliphatic rings. The van der Waals surface area contributed by atoms with Gasteiger partial charge in [-0.2, -0.15) is 0 Å². The van der Waals surface area contributed by atoms with Crippen LogP contribution in [-0.4, -0.2) is 50.0 Å². The molecule has 8 nitrogen and oxygen atoms in total. The minimum Gasteiger partial charge on any atom is -0.747 e. The second-order valence-electron chi connectivity index (χ2n) is 6.52. The quantitative estimate of drug-likeness (QED) is 0.0876. The average Bonchev–Trinajstić information content (AvgIpc) is 2.58. The van der Waals surface area contributed by atoms with Gasteiger partial charge in [0.05, 0.1) is 6.61 Å². The third-order valence-electron chi connectivity index (χ3n) is 4.08. The molecule has 160 valence electrons. The van der Waals surface area contributed by atoms with Gasteiger partial charge in [-0.3, -0.25) is 4.79 Å². The van der Waals surface area contributed by atoms with Crippen LogP contribution >= 0.6 is 0 Å². The van der Waals surface area contributed by atoms with E-state index in [2.05, 4.69) is 11.7 Å². The van der Waals surface area contributed by atoms with E-state index in [1.807, 2.05) is 0 Å². The predicted molar refractivity (Wildman–Crippen MR) is 96.7 cm³/mol. The van der Waals surface area contributed by atoms with Crippen LogP contribution < -0.4 is 64.2 Å². The van der Waals surface area contributed by atoms with Crippen molar-refractivity contribution in [2.75, 3.05) is 19.8 Å². The number of carbonyl (C=O) groups excluding carboxylic acids is 2. The molecule has 0 saturated heterocycles. The minimum atomic E-state index is -5.11. The van der Waals surface area contributed by atoms with E-state index in [0.29, 0.717) is 6.61 Å². The molecule has 0 aromatic rings. The maximum absolute atomic E-state index is 11.5. The molecule has 0 aromatic heterocycles. The van der Waals surface area contributed by atoms with E-state index in [9.17, 15) is 27.7 Å². The Morgan fingerprint density at radius 2 is 1.31 bits per heavy atom. The SMILES string of the molecule is CCCCCCCCCCCCOCCOC(=O)C(CC(=O)[O-])S(=O)(=O)[O-].[Na+].[Na+]. The summed E-state index contributed by atoms with van der Waals surface area (Å²) in [7, 11) is -5.11. The Balaban J connectivity index is -0.00000338. The molecule has 0 bridgehead atoms. The number of rotatable bonds is 18. The van der Waals surface area contributed by atoms with E-state index >= 15 is 0 Å². The number of esters is 1. The smallest absolute Gasteiger partial charge is 0.747 e. The standard InChI is InChI=1S/C18H34O8S.2Na/c1-2-3-4-5-6-7-8-9-10-11-12-25-13-14-26-18(21)16(15-17(19)20)27(22,23)24;;/h16H,2-15H2,1H3,(H,19,20)(H,22,23,24);;/q;2*+1/p-2. The number of ether oxygens (including phenoxy) is 2. The number of unbranched alkanes of at least 4 members (excludes halogenated alkanes) is 9. The zero-order chi connectivity index (χ0) is 20.5. The van der Waals surface area contributed by atoms with Crippen molar-refractivity contribution in [2.24, 2.45) is 0 Å². The average molecular weight is 454 g/mol. The molecular formula is C18H32Na2O8S. The van der Waals surface area contributed by atoms with E-state index in [1.165, 1.54) is 44.9 Å². The molecule has 0 fully saturated rings. The number of carboxylic acid groups (broad SMARTS) is 1. The van der Waals surface area contributed by atoms with Crippen LogP contribution in [-0.2, 0) is 29.2 Å². The number of carboxylic acids is 1. The van der Waals surface area contributed by atoms with Gasteiger partial charge < -0.3 is 23.9 Å². The van der Waals surface area contributed by atoms with Crippen LogP contribution in [0, 0.1) is 0 Å². The van der Waals surface area contributed by atoms with Gasteiger partial charge in [0.2, 0.25) is 0 Å². The summed E-state index contributed by atoms with van der Waals surface area (Å²) in [5.74, 6) is -3.20. The number of aliphatic carboxylic acids is 1. The molecule has 1 unspecified atom stereocenters. The van der Waals surface area contributed by atoms with Gasteiger partial charge in [0.1, 0.15) is 16.7 Å². The van der Waals surface area contributed by atoms with E-state index in [-0.39, 0.29) is 72.3 Å². The third kappa shape index (κ3) is 21.8. The van der Waals surface area contributed by atoms with Gasteiger partial charge in [-0.05, 0) is 6.42 Å². The molecule has 0 spiro atoms. The van der Waals surface area contributed by atoms with Gasteiger partial charge in [0.25, 0.3) is 0 Å². The van der Waals surface area contributed by atoms with Crippen LogP contribution in [0.25, 0.3) is 0 Å². The summed E-state index contributed by atoms with van der Waals surface area (Å²) in [4.78, 5) is 21.9. The molecule has 0 aliphatic heterocycles. The molecule has 0 N–H and O–H groups in total. The molecule has 0 rings (SSSR count). The number of hydrogen-bond acceptors (Lipinski definition) is 8. The first-order chi connectivity index (χ1) is 12.8. The first-order valence-corrected chi connectivity index (χ1v) is 11.1. The minimum absolute atomic E-state index is 0. The van der Waals surface area contributed by atoms with E-state index in [1.54, 1.807) is 0 Å². The first-order valence-electron chi connectivity index (χ1n) is 9.68. The van der Waals surface area contributed by atoms with Gasteiger partial charge in [0.15, 0.2) is 5.25 Å². The van der Waals surface area contributed by atoms with Gasteiger partial charge in [-0.25, -0.2) is 8.42 Å². The van der Waals surface area contributed by atoms with Gasteiger partial charge in [-0.1, -0.05) is 64.7 Å². The Kier molecular flexibility index (Phi) is 26.1. The predicted octanol–water partition coefficient (Wildman–Crippen LogP) is -4.47. The zero-order valence-corrected chi connectivity index (χ0v) is 23.0. The van der Waals surface area contributed by atoms with Crippen molar-refractivity contribution in [3.05, 3.63) is 0 Å². The number of hydrogen-bond donors (Lipinski definition) is 0. The van der Waals surface area contributed by atoms with Gasteiger partial charge in [-0.15, -0.1) is 0 Å². The third-order valence-corrected chi connectivity index (χ3v) is 5.13. The Morgan fingerprint density at radius 3 is 1.76 bits per heavy atom. The second kappa shape index (κ2) is 22.0. The van der Waals surface area contributed by atoms with Crippen molar-refractivity contribution >= 4 is 22.1 Å². The Bertz CT molecular complexity index is 514. The molecular weight excluding hydrogens is 422 g/mol. The summed E-state index contributed by atoms with van der Waals surface area (Å²) < 4.78 is 42.5. The summed E-state index contributed by atoms with van der Waals surface area (Å²) in [6.07, 6.45) is 10.8. The fourth-order valence-electron chi connectivity index (χ4n) is 2.54. The molecule has 0 heterocycles. The van der Waals surface area contributed by atoms with Crippen LogP contribution in [0.3, 0.4) is 0 Å². The maximum atomic E-state index is 11.5. The van der Waals surface area contributed by atoms with Crippen molar-refractivity contribution < 1.29 is 96.3 Å². The summed E-state index contributed by atoms with van der Waals surface area (Å²) in [6, 6.07) is 0. The largest absolute Gasteiger partial charge is 1.00 e. The van der Waals surface area contributed by atoms with Gasteiger partial charge in [0, 0.05) is 19.0 Å². The summed E-state index contributed by atoms with van der Waals surface area (Å²) in [5, 5.41) is 8.13. The van der Waals surface area contributed by atoms with E-state index in [0.717, 1.165) is 19.3 Å². The Hall–Kier alpha value is 0.810. The van der Waals surface area contributed by atoms with Crippen molar-refractivity contribution in [3.8, 4) is 0 Å². The fraction of sp³-hybridized carbons (Fsp3) is 0.889. The van der Waals surface area contributed by atoms with Crippen molar-refractivity contribution in [1.82, 2.24) is 0 Å². The Labute approximate surface area is 219 Å². The molecule has 1 atom stereocenters. The van der Waals surface area contributed by atoms with Crippen LogP contribution in [0.15, 0.2) is 0 Å². The molecule has 11 heteroatoms. The molecule has 0 aliphatic carbocycles. The Morgan fingerprint density at radius 1 is 0.828 bits per heavy atom. The summed E-state index contributed by atoms with van der Waals surface area (Å²) >= 11 is 0. The molecule has 0 saturated carbocycles. The zero-order valence-electron chi connectivity index (χ0n) is 18.2. The molecule has 0 radical (unpaired) electrons. The maximum Gasteiger partial charge on any atom is 1.00 e. The molecule has 29 heavy (non-hydrogen) atoms. The van der Waals surface area contributed by atoms with Crippen LogP contribution in [0.4, 0.5) is 0 Å².